The lowest BCUT2D eigenvalue weighted by Gasteiger charge is -2.26. The molecule has 2 N–H and O–H groups in total. The molecule has 1 aliphatic heterocycles. The van der Waals surface area contributed by atoms with Crippen molar-refractivity contribution < 1.29 is 18.8 Å². The van der Waals surface area contributed by atoms with Gasteiger partial charge in [-0.2, -0.15) is 4.98 Å². The van der Waals surface area contributed by atoms with Gasteiger partial charge in [-0.05, 0) is 24.3 Å². The first-order valence-electron chi connectivity index (χ1n) is 9.73. The van der Waals surface area contributed by atoms with Crippen LogP contribution in [0.5, 0.6) is 0 Å². The summed E-state index contributed by atoms with van der Waals surface area (Å²) in [6.07, 6.45) is 1.59. The van der Waals surface area contributed by atoms with E-state index in [-0.39, 0.29) is 24.0 Å². The molecule has 1 aliphatic rings. The molecule has 10 heteroatoms. The second-order valence-corrected chi connectivity index (χ2v) is 6.83. The number of nitrogens with zero attached hydrogens (tertiary/aromatic N) is 4. The topological polar surface area (TPSA) is 122 Å². The van der Waals surface area contributed by atoms with Crippen LogP contribution < -0.4 is 10.6 Å². The summed E-state index contributed by atoms with van der Waals surface area (Å²) in [6, 6.07) is 9.17. The van der Waals surface area contributed by atoms with Crippen LogP contribution in [0.25, 0.3) is 10.9 Å². The fourth-order valence-corrected chi connectivity index (χ4v) is 3.20. The van der Waals surface area contributed by atoms with Crippen molar-refractivity contribution in [2.45, 2.75) is 6.42 Å². The zero-order chi connectivity index (χ0) is 20.8. The monoisotopic (exact) mass is 410 g/mol. The summed E-state index contributed by atoms with van der Waals surface area (Å²) in [5, 5.41) is 10.1. The molecule has 30 heavy (non-hydrogen) atoms. The first kappa shape index (κ1) is 19.9. The SMILES string of the molecule is O=C(Cc1noc(C(=O)NCCN2CCOCC2)n1)Nc1cccc2ncccc12. The molecule has 0 unspecified atom stereocenters. The Morgan fingerprint density at radius 2 is 2.00 bits per heavy atom. The van der Waals surface area contributed by atoms with Gasteiger partial charge in [0.2, 0.25) is 5.91 Å². The quantitative estimate of drug-likeness (QED) is 0.588. The molecule has 10 nitrogen and oxygen atoms in total. The number of morpholine rings is 1. The van der Waals surface area contributed by atoms with Gasteiger partial charge < -0.3 is 19.9 Å². The van der Waals surface area contributed by atoms with Crippen LogP contribution in [-0.2, 0) is 16.0 Å². The normalized spacial score (nSPS) is 14.5. The van der Waals surface area contributed by atoms with E-state index in [1.165, 1.54) is 0 Å². The van der Waals surface area contributed by atoms with Crippen LogP contribution in [0.15, 0.2) is 41.1 Å². The van der Waals surface area contributed by atoms with Gasteiger partial charge in [0.1, 0.15) is 0 Å². The van der Waals surface area contributed by atoms with Crippen molar-refractivity contribution in [1.29, 1.82) is 0 Å². The van der Waals surface area contributed by atoms with Crippen molar-refractivity contribution >= 4 is 28.4 Å². The Morgan fingerprint density at radius 3 is 2.87 bits per heavy atom. The number of carbonyl (C=O) groups excluding carboxylic acids is 2. The number of ether oxygens (including phenoxy) is 1. The summed E-state index contributed by atoms with van der Waals surface area (Å²) in [4.78, 5) is 35.0. The van der Waals surface area contributed by atoms with E-state index in [1.807, 2.05) is 18.2 Å². The van der Waals surface area contributed by atoms with Crippen molar-refractivity contribution in [3.05, 3.63) is 48.2 Å². The van der Waals surface area contributed by atoms with Crippen LogP contribution in [0.1, 0.15) is 16.5 Å². The first-order valence-corrected chi connectivity index (χ1v) is 9.73. The Bertz CT molecular complexity index is 1030. The zero-order valence-electron chi connectivity index (χ0n) is 16.3. The molecule has 0 saturated carbocycles. The Labute approximate surface area is 172 Å². The number of anilines is 1. The molecule has 156 valence electrons. The van der Waals surface area contributed by atoms with Gasteiger partial charge in [0, 0.05) is 37.8 Å². The summed E-state index contributed by atoms with van der Waals surface area (Å²) in [5.74, 6) is -0.785. The predicted molar refractivity (Wildman–Crippen MR) is 108 cm³/mol. The largest absolute Gasteiger partial charge is 0.379 e. The molecule has 0 radical (unpaired) electrons. The van der Waals surface area contributed by atoms with Crippen molar-refractivity contribution in [3.8, 4) is 0 Å². The van der Waals surface area contributed by atoms with Crippen molar-refractivity contribution in [2.75, 3.05) is 44.7 Å². The molecule has 3 heterocycles. The van der Waals surface area contributed by atoms with E-state index in [0.717, 1.165) is 30.5 Å². The number of hydrogen-bond acceptors (Lipinski definition) is 8. The predicted octanol–water partition coefficient (Wildman–Crippen LogP) is 0.861. The number of nitrogens with one attached hydrogen (secondary N) is 2. The maximum Gasteiger partial charge on any atom is 0.315 e. The molecule has 3 aromatic rings. The lowest BCUT2D eigenvalue weighted by molar-refractivity contribution is -0.115. The third-order valence-corrected chi connectivity index (χ3v) is 4.72. The lowest BCUT2D eigenvalue weighted by Crippen LogP contribution is -2.41. The average molecular weight is 410 g/mol. The third kappa shape index (κ3) is 4.97. The fraction of sp³-hybridized carbons (Fsp3) is 0.350. The van der Waals surface area contributed by atoms with E-state index in [2.05, 4.69) is 30.7 Å². The summed E-state index contributed by atoms with van der Waals surface area (Å²) < 4.78 is 10.3. The number of hydrogen-bond donors (Lipinski definition) is 2. The van der Waals surface area contributed by atoms with Gasteiger partial charge in [-0.15, -0.1) is 0 Å². The van der Waals surface area contributed by atoms with Gasteiger partial charge in [0.05, 0.1) is 30.8 Å². The van der Waals surface area contributed by atoms with Crippen LogP contribution in [0.4, 0.5) is 5.69 Å². The van der Waals surface area contributed by atoms with Crippen molar-refractivity contribution in [2.24, 2.45) is 0 Å². The van der Waals surface area contributed by atoms with Crippen molar-refractivity contribution in [3.63, 3.8) is 0 Å². The number of rotatable bonds is 7. The molecule has 2 amide bonds. The Hall–Kier alpha value is -3.37. The average Bonchev–Trinajstić information content (AvgIpc) is 3.23. The van der Waals surface area contributed by atoms with Crippen LogP contribution in [0.3, 0.4) is 0 Å². The number of amides is 2. The standard InChI is InChI=1S/C20H22N6O4/c27-18(23-16-5-1-4-15-14(16)3-2-6-21-15)13-17-24-20(30-25-17)19(28)22-7-8-26-9-11-29-12-10-26/h1-6H,7-13H2,(H,22,28)(H,23,27). The Morgan fingerprint density at radius 1 is 1.13 bits per heavy atom. The van der Waals surface area contributed by atoms with Gasteiger partial charge in [0.25, 0.3) is 0 Å². The number of aromatic nitrogens is 3. The maximum absolute atomic E-state index is 12.4. The molecule has 0 atom stereocenters. The molecule has 1 aromatic carbocycles. The van der Waals surface area contributed by atoms with E-state index in [4.69, 9.17) is 9.26 Å². The Kier molecular flexibility index (Phi) is 6.26. The van der Waals surface area contributed by atoms with Gasteiger partial charge >= 0.3 is 11.8 Å². The smallest absolute Gasteiger partial charge is 0.315 e. The third-order valence-electron chi connectivity index (χ3n) is 4.72. The van der Waals surface area contributed by atoms with Crippen LogP contribution in [0, 0.1) is 0 Å². The Balaban J connectivity index is 1.29. The van der Waals surface area contributed by atoms with Gasteiger partial charge in [0.15, 0.2) is 5.82 Å². The summed E-state index contributed by atoms with van der Waals surface area (Å²) in [6.45, 7) is 4.30. The highest BCUT2D eigenvalue weighted by molar-refractivity contribution is 6.01. The molecule has 0 spiro atoms. The summed E-state index contributed by atoms with van der Waals surface area (Å²) >= 11 is 0. The van der Waals surface area contributed by atoms with Crippen LogP contribution in [-0.4, -0.2) is 71.2 Å². The molecular weight excluding hydrogens is 388 g/mol. The van der Waals surface area contributed by atoms with E-state index in [1.54, 1.807) is 18.3 Å². The van der Waals surface area contributed by atoms with E-state index in [9.17, 15) is 9.59 Å². The number of fused-ring (bicyclic) bond motifs is 1. The minimum absolute atomic E-state index is 0.110. The highest BCUT2D eigenvalue weighted by atomic mass is 16.5. The second-order valence-electron chi connectivity index (χ2n) is 6.83. The molecule has 2 aromatic heterocycles. The second kappa shape index (κ2) is 9.42. The highest BCUT2D eigenvalue weighted by Crippen LogP contribution is 2.21. The van der Waals surface area contributed by atoms with E-state index < -0.39 is 5.91 Å². The maximum atomic E-state index is 12.4. The minimum Gasteiger partial charge on any atom is -0.379 e. The van der Waals surface area contributed by atoms with Crippen LogP contribution in [0.2, 0.25) is 0 Å². The first-order chi connectivity index (χ1) is 14.7. The number of carbonyl (C=O) groups is 2. The van der Waals surface area contributed by atoms with Crippen LogP contribution >= 0.6 is 0 Å². The molecular formula is C20H22N6O4. The zero-order valence-corrected chi connectivity index (χ0v) is 16.3. The summed E-state index contributed by atoms with van der Waals surface area (Å²) in [5.41, 5.74) is 1.43. The number of benzene rings is 1. The molecule has 0 bridgehead atoms. The highest BCUT2D eigenvalue weighted by Gasteiger charge is 2.18. The molecule has 4 rings (SSSR count). The van der Waals surface area contributed by atoms with Gasteiger partial charge in [-0.25, -0.2) is 0 Å². The number of pyridine rings is 1. The lowest BCUT2D eigenvalue weighted by atomic mass is 10.2. The van der Waals surface area contributed by atoms with E-state index >= 15 is 0 Å². The fourth-order valence-electron chi connectivity index (χ4n) is 3.20. The molecule has 1 fully saturated rings. The minimum atomic E-state index is -0.456. The van der Waals surface area contributed by atoms with Crippen molar-refractivity contribution in [1.82, 2.24) is 25.3 Å². The van der Waals surface area contributed by atoms with Gasteiger partial charge in [-0.1, -0.05) is 11.2 Å². The molecule has 0 aliphatic carbocycles. The summed E-state index contributed by atoms with van der Waals surface area (Å²) in [7, 11) is 0. The van der Waals surface area contributed by atoms with E-state index in [0.29, 0.717) is 25.4 Å². The molecule has 1 saturated heterocycles. The van der Waals surface area contributed by atoms with Gasteiger partial charge in [-0.3, -0.25) is 19.5 Å².